The van der Waals surface area contributed by atoms with E-state index in [4.69, 9.17) is 11.6 Å². The first-order valence-electron chi connectivity index (χ1n) is 7.80. The van der Waals surface area contributed by atoms with Gasteiger partial charge in [-0.1, -0.05) is 51.1 Å². The number of nitrogens with one attached hydrogen (secondary N) is 2. The summed E-state index contributed by atoms with van der Waals surface area (Å²) in [5.41, 5.74) is 3.09. The monoisotopic (exact) mass is 341 g/mol. The molecular weight excluding hydrogens is 322 g/mol. The zero-order chi connectivity index (χ0) is 17.2. The van der Waals surface area contributed by atoms with Crippen LogP contribution in [0.1, 0.15) is 37.7 Å². The van der Waals surface area contributed by atoms with E-state index in [1.807, 2.05) is 30.3 Å². The molecule has 5 nitrogen and oxygen atoms in total. The molecule has 3 aromatic rings. The van der Waals surface area contributed by atoms with E-state index in [9.17, 15) is 0 Å². The van der Waals surface area contributed by atoms with Gasteiger partial charge in [-0.2, -0.15) is 5.10 Å². The summed E-state index contributed by atoms with van der Waals surface area (Å²) in [5.74, 6) is 1.34. The highest BCUT2D eigenvalue weighted by Gasteiger charge is 2.17. The van der Waals surface area contributed by atoms with Crippen LogP contribution in [0.2, 0.25) is 5.28 Å². The molecule has 0 saturated heterocycles. The first kappa shape index (κ1) is 16.5. The second-order valence-electron chi connectivity index (χ2n) is 6.72. The lowest BCUT2D eigenvalue weighted by Gasteiger charge is -2.14. The predicted octanol–water partition coefficient (Wildman–Crippen LogP) is 4.49. The summed E-state index contributed by atoms with van der Waals surface area (Å²) in [6.45, 7) is 6.39. The number of rotatable bonds is 4. The van der Waals surface area contributed by atoms with Gasteiger partial charge in [0.1, 0.15) is 5.82 Å². The summed E-state index contributed by atoms with van der Waals surface area (Å²) in [6, 6.07) is 14.0. The van der Waals surface area contributed by atoms with Crippen molar-refractivity contribution in [3.8, 4) is 0 Å². The second-order valence-corrected chi connectivity index (χ2v) is 7.06. The van der Waals surface area contributed by atoms with Gasteiger partial charge in [0.2, 0.25) is 5.28 Å². The third-order valence-corrected chi connectivity index (χ3v) is 3.79. The summed E-state index contributed by atoms with van der Waals surface area (Å²) in [6.07, 6.45) is 0.700. The van der Waals surface area contributed by atoms with Crippen molar-refractivity contribution in [3.05, 3.63) is 64.7 Å². The lowest BCUT2D eigenvalue weighted by molar-refractivity contribution is 0.567. The van der Waals surface area contributed by atoms with E-state index < -0.39 is 0 Å². The van der Waals surface area contributed by atoms with Crippen molar-refractivity contribution in [2.75, 3.05) is 5.32 Å². The molecule has 2 N–H and O–H groups in total. The number of aromatic amines is 1. The maximum Gasteiger partial charge on any atom is 0.224 e. The molecular formula is C18H20ClN5. The molecule has 3 rings (SSSR count). The van der Waals surface area contributed by atoms with Gasteiger partial charge in [-0.15, -0.1) is 0 Å². The van der Waals surface area contributed by atoms with E-state index >= 15 is 0 Å². The van der Waals surface area contributed by atoms with Crippen LogP contribution in [0.5, 0.6) is 0 Å². The number of nitrogens with zero attached hydrogens (tertiary/aromatic N) is 3. The molecule has 0 radical (unpaired) electrons. The Kier molecular flexibility index (Phi) is 4.53. The number of benzene rings is 1. The van der Waals surface area contributed by atoms with Crippen molar-refractivity contribution in [3.63, 3.8) is 0 Å². The second kappa shape index (κ2) is 6.61. The lowest BCUT2D eigenvalue weighted by atomic mass is 9.92. The number of aromatic nitrogens is 4. The quantitative estimate of drug-likeness (QED) is 0.686. The first-order chi connectivity index (χ1) is 11.4. The first-order valence-corrected chi connectivity index (χ1v) is 8.18. The summed E-state index contributed by atoms with van der Waals surface area (Å²) in [4.78, 5) is 8.53. The molecule has 0 fully saturated rings. The Morgan fingerprint density at radius 1 is 1.04 bits per heavy atom. The number of anilines is 2. The van der Waals surface area contributed by atoms with E-state index in [0.717, 1.165) is 11.4 Å². The van der Waals surface area contributed by atoms with Crippen LogP contribution in [-0.2, 0) is 11.8 Å². The van der Waals surface area contributed by atoms with Gasteiger partial charge < -0.3 is 5.32 Å². The summed E-state index contributed by atoms with van der Waals surface area (Å²) < 4.78 is 0. The van der Waals surface area contributed by atoms with E-state index in [0.29, 0.717) is 18.1 Å². The molecule has 6 heteroatoms. The third kappa shape index (κ3) is 4.11. The average Bonchev–Trinajstić information content (AvgIpc) is 2.96. The van der Waals surface area contributed by atoms with Crippen LogP contribution in [0.4, 0.5) is 11.6 Å². The van der Waals surface area contributed by atoms with E-state index in [-0.39, 0.29) is 10.7 Å². The third-order valence-electron chi connectivity index (χ3n) is 3.62. The Morgan fingerprint density at radius 2 is 1.79 bits per heavy atom. The number of hydrogen-bond donors (Lipinski definition) is 2. The topological polar surface area (TPSA) is 66.5 Å². The molecule has 24 heavy (non-hydrogen) atoms. The van der Waals surface area contributed by atoms with Crippen molar-refractivity contribution in [1.82, 2.24) is 20.2 Å². The Bertz CT molecular complexity index is 821. The maximum atomic E-state index is 6.07. The van der Waals surface area contributed by atoms with Crippen molar-refractivity contribution in [1.29, 1.82) is 0 Å². The fourth-order valence-electron chi connectivity index (χ4n) is 2.33. The minimum atomic E-state index is 0.00865. The van der Waals surface area contributed by atoms with Crippen LogP contribution in [0, 0.1) is 0 Å². The smallest absolute Gasteiger partial charge is 0.224 e. The van der Waals surface area contributed by atoms with E-state index in [1.54, 1.807) is 0 Å². The zero-order valence-corrected chi connectivity index (χ0v) is 14.7. The van der Waals surface area contributed by atoms with Crippen LogP contribution in [0.15, 0.2) is 42.5 Å². The van der Waals surface area contributed by atoms with Crippen LogP contribution >= 0.6 is 11.6 Å². The van der Waals surface area contributed by atoms with Gasteiger partial charge in [-0.05, 0) is 17.2 Å². The minimum absolute atomic E-state index is 0.00865. The highest BCUT2D eigenvalue weighted by atomic mass is 35.5. The molecule has 124 valence electrons. The normalized spacial score (nSPS) is 11.5. The van der Waals surface area contributed by atoms with Gasteiger partial charge in [0.15, 0.2) is 5.82 Å². The molecule has 0 bridgehead atoms. The van der Waals surface area contributed by atoms with E-state index in [2.05, 4.69) is 58.4 Å². The Hall–Kier alpha value is -2.40. The SMILES string of the molecule is CC(C)(C)c1cc(Nc2cc(Cc3ccccc3)nc(Cl)n2)n[nH]1. The van der Waals surface area contributed by atoms with Crippen LogP contribution < -0.4 is 5.32 Å². The van der Waals surface area contributed by atoms with E-state index in [1.165, 1.54) is 5.56 Å². The van der Waals surface area contributed by atoms with Crippen LogP contribution in [0.25, 0.3) is 0 Å². The number of hydrogen-bond acceptors (Lipinski definition) is 4. The van der Waals surface area contributed by atoms with Gasteiger partial charge in [-0.3, -0.25) is 5.10 Å². The molecule has 0 spiro atoms. The predicted molar refractivity (Wildman–Crippen MR) is 96.9 cm³/mol. The standard InChI is InChI=1S/C18H20ClN5/c1-18(2,3)14-11-16(24-23-14)21-15-10-13(20-17(19)22-15)9-12-7-5-4-6-8-12/h4-8,10-11H,9H2,1-3H3,(H2,20,21,22,23,24). The fraction of sp³-hybridized carbons (Fsp3) is 0.278. The number of halogens is 1. The molecule has 2 aromatic heterocycles. The van der Waals surface area contributed by atoms with Gasteiger partial charge in [0, 0.05) is 29.7 Å². The maximum absolute atomic E-state index is 6.07. The molecule has 0 aliphatic carbocycles. The molecule has 0 aliphatic rings. The molecule has 0 saturated carbocycles. The highest BCUT2D eigenvalue weighted by Crippen LogP contribution is 2.24. The molecule has 0 aliphatic heterocycles. The van der Waals surface area contributed by atoms with Crippen molar-refractivity contribution >= 4 is 23.2 Å². The lowest BCUT2D eigenvalue weighted by Crippen LogP contribution is -2.11. The van der Waals surface area contributed by atoms with Crippen molar-refractivity contribution in [2.24, 2.45) is 0 Å². The zero-order valence-electron chi connectivity index (χ0n) is 14.0. The Morgan fingerprint density at radius 3 is 2.46 bits per heavy atom. The van der Waals surface area contributed by atoms with Gasteiger partial charge in [0.05, 0.1) is 5.69 Å². The minimum Gasteiger partial charge on any atom is -0.323 e. The van der Waals surface area contributed by atoms with Crippen molar-refractivity contribution in [2.45, 2.75) is 32.6 Å². The van der Waals surface area contributed by atoms with Gasteiger partial charge >= 0.3 is 0 Å². The largest absolute Gasteiger partial charge is 0.323 e. The van der Waals surface area contributed by atoms with Crippen molar-refractivity contribution < 1.29 is 0 Å². The number of H-pyrrole nitrogens is 1. The summed E-state index contributed by atoms with van der Waals surface area (Å²) >= 11 is 6.07. The molecule has 0 unspecified atom stereocenters. The fourth-order valence-corrected chi connectivity index (χ4v) is 2.53. The molecule has 0 amide bonds. The molecule has 0 atom stereocenters. The molecule has 1 aromatic carbocycles. The Labute approximate surface area is 146 Å². The Balaban J connectivity index is 1.80. The highest BCUT2D eigenvalue weighted by molar-refractivity contribution is 6.28. The van der Waals surface area contributed by atoms with Crippen LogP contribution in [0.3, 0.4) is 0 Å². The van der Waals surface area contributed by atoms with Gasteiger partial charge in [-0.25, -0.2) is 9.97 Å². The summed E-state index contributed by atoms with van der Waals surface area (Å²) in [5, 5.41) is 10.7. The average molecular weight is 342 g/mol. The van der Waals surface area contributed by atoms with Gasteiger partial charge in [0.25, 0.3) is 0 Å². The molecule has 2 heterocycles. The summed E-state index contributed by atoms with van der Waals surface area (Å²) in [7, 11) is 0. The van der Waals surface area contributed by atoms with Crippen LogP contribution in [-0.4, -0.2) is 20.2 Å².